The molecular formula is C15H28N4. The normalized spacial score (nSPS) is 17.2. The molecule has 1 aromatic heterocycles. The third-order valence-corrected chi connectivity index (χ3v) is 4.15. The van der Waals surface area contributed by atoms with Crippen LogP contribution < -0.4 is 5.32 Å². The second kappa shape index (κ2) is 7.65. The van der Waals surface area contributed by atoms with Crippen molar-refractivity contribution in [3.8, 4) is 0 Å². The molecule has 19 heavy (non-hydrogen) atoms. The van der Waals surface area contributed by atoms with Gasteiger partial charge in [0.1, 0.15) is 0 Å². The number of aromatic nitrogens is 2. The molecule has 2 heterocycles. The van der Waals surface area contributed by atoms with E-state index in [0.29, 0.717) is 5.92 Å². The van der Waals surface area contributed by atoms with Crippen LogP contribution in [-0.2, 0) is 6.54 Å². The van der Waals surface area contributed by atoms with Crippen LogP contribution in [0.15, 0.2) is 12.5 Å². The number of nitrogens with one attached hydrogen (secondary N) is 1. The van der Waals surface area contributed by atoms with Gasteiger partial charge >= 0.3 is 0 Å². The lowest BCUT2D eigenvalue weighted by Gasteiger charge is -2.25. The maximum absolute atomic E-state index is 4.37. The Morgan fingerprint density at radius 1 is 1.32 bits per heavy atom. The highest BCUT2D eigenvalue weighted by Gasteiger charge is 2.18. The van der Waals surface area contributed by atoms with Gasteiger partial charge in [-0.05, 0) is 45.4 Å². The van der Waals surface area contributed by atoms with Crippen LogP contribution >= 0.6 is 0 Å². The first kappa shape index (κ1) is 14.5. The predicted octanol–water partition coefficient (Wildman–Crippen LogP) is 2.08. The van der Waals surface area contributed by atoms with Crippen LogP contribution in [0.4, 0.5) is 0 Å². The molecule has 1 aliphatic heterocycles. The lowest BCUT2D eigenvalue weighted by molar-refractivity contribution is 0.274. The van der Waals surface area contributed by atoms with E-state index >= 15 is 0 Å². The van der Waals surface area contributed by atoms with Gasteiger partial charge in [0, 0.05) is 30.9 Å². The number of nitrogens with zero attached hydrogens (tertiary/aromatic N) is 3. The molecular weight excluding hydrogens is 236 g/mol. The fraction of sp³-hybridized carbons (Fsp3) is 0.800. The molecule has 1 aliphatic rings. The fourth-order valence-electron chi connectivity index (χ4n) is 2.97. The molecule has 0 radical (unpaired) electrons. The minimum Gasteiger partial charge on any atom is -0.333 e. The highest BCUT2D eigenvalue weighted by Crippen LogP contribution is 2.24. The number of piperidine rings is 1. The summed E-state index contributed by atoms with van der Waals surface area (Å²) in [7, 11) is 0. The Hall–Kier alpha value is -0.870. The maximum atomic E-state index is 4.37. The van der Waals surface area contributed by atoms with Crippen molar-refractivity contribution in [1.29, 1.82) is 0 Å². The minimum atomic E-state index is 0.699. The lowest BCUT2D eigenvalue weighted by Crippen LogP contribution is -2.30. The Labute approximate surface area is 117 Å². The first-order valence-corrected chi connectivity index (χ1v) is 7.78. The van der Waals surface area contributed by atoms with E-state index in [2.05, 4.69) is 39.8 Å². The molecule has 4 nitrogen and oxygen atoms in total. The summed E-state index contributed by atoms with van der Waals surface area (Å²) < 4.78 is 2.37. The van der Waals surface area contributed by atoms with Gasteiger partial charge in [0.25, 0.3) is 0 Å². The van der Waals surface area contributed by atoms with E-state index in [1.807, 2.05) is 6.33 Å². The van der Waals surface area contributed by atoms with E-state index in [9.17, 15) is 0 Å². The van der Waals surface area contributed by atoms with Crippen LogP contribution in [0.3, 0.4) is 0 Å². The summed E-state index contributed by atoms with van der Waals surface area (Å²) in [5.74, 6) is 0.699. The van der Waals surface area contributed by atoms with Gasteiger partial charge in [0.2, 0.25) is 0 Å². The molecule has 1 saturated heterocycles. The minimum absolute atomic E-state index is 0.699. The van der Waals surface area contributed by atoms with Crippen LogP contribution in [0.2, 0.25) is 0 Å². The number of hydrogen-bond donors (Lipinski definition) is 1. The summed E-state index contributed by atoms with van der Waals surface area (Å²) in [6.07, 6.45) is 7.82. The highest BCUT2D eigenvalue weighted by atomic mass is 15.2. The zero-order chi connectivity index (χ0) is 13.5. The Kier molecular flexibility index (Phi) is 5.86. The molecule has 0 spiro atoms. The summed E-state index contributed by atoms with van der Waals surface area (Å²) in [4.78, 5) is 6.89. The average molecular weight is 264 g/mol. The van der Waals surface area contributed by atoms with Gasteiger partial charge in [-0.25, -0.2) is 4.98 Å². The maximum Gasteiger partial charge on any atom is 0.0948 e. The molecule has 4 heteroatoms. The van der Waals surface area contributed by atoms with E-state index in [0.717, 1.165) is 32.7 Å². The molecule has 2 rings (SSSR count). The summed E-state index contributed by atoms with van der Waals surface area (Å²) >= 11 is 0. The molecule has 0 aliphatic carbocycles. The predicted molar refractivity (Wildman–Crippen MR) is 79.5 cm³/mol. The van der Waals surface area contributed by atoms with Crippen molar-refractivity contribution in [2.75, 3.05) is 32.7 Å². The van der Waals surface area contributed by atoms with Crippen molar-refractivity contribution in [2.24, 2.45) is 0 Å². The molecule has 0 saturated carbocycles. The van der Waals surface area contributed by atoms with Gasteiger partial charge in [0.05, 0.1) is 6.33 Å². The van der Waals surface area contributed by atoms with Crippen LogP contribution in [0.1, 0.15) is 44.7 Å². The molecule has 108 valence electrons. The van der Waals surface area contributed by atoms with Gasteiger partial charge in [-0.1, -0.05) is 13.8 Å². The van der Waals surface area contributed by atoms with Gasteiger partial charge in [0.15, 0.2) is 0 Å². The van der Waals surface area contributed by atoms with Crippen LogP contribution in [0, 0.1) is 0 Å². The average Bonchev–Trinajstić information content (AvgIpc) is 2.93. The number of hydrogen-bond acceptors (Lipinski definition) is 3. The van der Waals surface area contributed by atoms with Crippen molar-refractivity contribution in [2.45, 2.75) is 45.6 Å². The third kappa shape index (κ3) is 4.05. The summed E-state index contributed by atoms with van der Waals surface area (Å²) in [5.41, 5.74) is 1.44. The van der Waals surface area contributed by atoms with Crippen LogP contribution in [0.25, 0.3) is 0 Å². The summed E-state index contributed by atoms with van der Waals surface area (Å²) in [6.45, 7) is 11.3. The van der Waals surface area contributed by atoms with Crippen LogP contribution in [-0.4, -0.2) is 47.2 Å². The summed E-state index contributed by atoms with van der Waals surface area (Å²) in [6, 6.07) is 0. The van der Waals surface area contributed by atoms with E-state index in [-0.39, 0.29) is 0 Å². The van der Waals surface area contributed by atoms with Gasteiger partial charge in [-0.15, -0.1) is 0 Å². The smallest absolute Gasteiger partial charge is 0.0948 e. The molecule has 0 unspecified atom stereocenters. The molecule has 0 amide bonds. The first-order valence-electron chi connectivity index (χ1n) is 7.78. The van der Waals surface area contributed by atoms with Crippen molar-refractivity contribution in [1.82, 2.24) is 19.8 Å². The zero-order valence-electron chi connectivity index (χ0n) is 12.4. The SMILES string of the molecule is CCCN(CC)CCn1cncc1C1CCNCC1. The fourth-order valence-corrected chi connectivity index (χ4v) is 2.97. The largest absolute Gasteiger partial charge is 0.333 e. The molecule has 0 bridgehead atoms. The Morgan fingerprint density at radius 3 is 2.79 bits per heavy atom. The molecule has 0 aromatic carbocycles. The Morgan fingerprint density at radius 2 is 2.11 bits per heavy atom. The number of likely N-dealkylation sites (N-methyl/N-ethyl adjacent to an activating group) is 1. The van der Waals surface area contributed by atoms with E-state index in [4.69, 9.17) is 0 Å². The molecule has 1 N–H and O–H groups in total. The molecule has 0 atom stereocenters. The second-order valence-corrected chi connectivity index (χ2v) is 5.47. The lowest BCUT2D eigenvalue weighted by atomic mass is 9.95. The zero-order valence-corrected chi connectivity index (χ0v) is 12.4. The van der Waals surface area contributed by atoms with E-state index in [1.54, 1.807) is 0 Å². The monoisotopic (exact) mass is 264 g/mol. The second-order valence-electron chi connectivity index (χ2n) is 5.47. The Bertz CT molecular complexity index is 355. The standard InChI is InChI=1S/C15H28N4/c1-3-9-18(4-2)10-11-19-13-17-12-15(19)14-5-7-16-8-6-14/h12-14,16H,3-11H2,1-2H3. The van der Waals surface area contributed by atoms with Gasteiger partial charge in [-0.2, -0.15) is 0 Å². The van der Waals surface area contributed by atoms with Crippen molar-refractivity contribution in [3.63, 3.8) is 0 Å². The highest BCUT2D eigenvalue weighted by molar-refractivity contribution is 5.07. The molecule has 1 aromatic rings. The number of rotatable bonds is 7. The topological polar surface area (TPSA) is 33.1 Å². The van der Waals surface area contributed by atoms with Crippen molar-refractivity contribution < 1.29 is 0 Å². The van der Waals surface area contributed by atoms with Gasteiger partial charge in [-0.3, -0.25) is 0 Å². The van der Waals surface area contributed by atoms with Crippen LogP contribution in [0.5, 0.6) is 0 Å². The van der Waals surface area contributed by atoms with E-state index < -0.39 is 0 Å². The van der Waals surface area contributed by atoms with Crippen molar-refractivity contribution >= 4 is 0 Å². The Balaban J connectivity index is 1.91. The third-order valence-electron chi connectivity index (χ3n) is 4.15. The quantitative estimate of drug-likeness (QED) is 0.818. The van der Waals surface area contributed by atoms with Gasteiger partial charge < -0.3 is 14.8 Å². The van der Waals surface area contributed by atoms with E-state index in [1.165, 1.54) is 31.5 Å². The molecule has 1 fully saturated rings. The first-order chi connectivity index (χ1) is 9.35. The summed E-state index contributed by atoms with van der Waals surface area (Å²) in [5, 5.41) is 3.43. The number of imidazole rings is 1. The van der Waals surface area contributed by atoms with Crippen molar-refractivity contribution in [3.05, 3.63) is 18.2 Å².